The van der Waals surface area contributed by atoms with Crippen molar-refractivity contribution in [3.8, 4) is 0 Å². The van der Waals surface area contributed by atoms with Crippen LogP contribution in [0.2, 0.25) is 0 Å². The molecule has 3 rings (SSSR count). The Bertz CT molecular complexity index is 569. The van der Waals surface area contributed by atoms with Crippen molar-refractivity contribution in [1.29, 1.82) is 0 Å². The number of nitrogens with zero attached hydrogens (tertiary/aromatic N) is 3. The van der Waals surface area contributed by atoms with E-state index in [1.54, 1.807) is 6.20 Å². The monoisotopic (exact) mass is 343 g/mol. The van der Waals surface area contributed by atoms with Crippen LogP contribution in [-0.2, 0) is 19.1 Å². The van der Waals surface area contributed by atoms with Crippen LogP contribution in [0.4, 0.5) is 0 Å². The fraction of sp³-hybridized carbons (Fsp3) is 0.615. The average molecular weight is 344 g/mol. The van der Waals surface area contributed by atoms with Gasteiger partial charge in [0.15, 0.2) is 5.79 Å². The zero-order chi connectivity index (χ0) is 16.5. The van der Waals surface area contributed by atoms with Crippen molar-refractivity contribution in [3.63, 3.8) is 0 Å². The fourth-order valence-corrected chi connectivity index (χ4v) is 2.48. The lowest BCUT2D eigenvalue weighted by Crippen LogP contribution is -2.48. The van der Waals surface area contributed by atoms with Gasteiger partial charge in [-0.25, -0.2) is 9.98 Å². The van der Waals surface area contributed by atoms with Gasteiger partial charge in [-0.15, -0.1) is 0 Å². The molecule has 23 heavy (non-hydrogen) atoms. The first-order valence-corrected chi connectivity index (χ1v) is 7.51. The molecule has 0 aliphatic carbocycles. The summed E-state index contributed by atoms with van der Waals surface area (Å²) < 4.78 is 11.2. The summed E-state index contributed by atoms with van der Waals surface area (Å²) >= 11 is 6.49. The van der Waals surface area contributed by atoms with E-state index < -0.39 is 10.9 Å². The van der Waals surface area contributed by atoms with Gasteiger partial charge in [-0.05, 0) is 13.8 Å². The highest BCUT2D eigenvalue weighted by Gasteiger charge is 2.45. The number of alkyl halides is 1. The van der Waals surface area contributed by atoms with Crippen LogP contribution in [0, 0.1) is 5.92 Å². The van der Waals surface area contributed by atoms with Gasteiger partial charge in [-0.3, -0.25) is 14.9 Å². The van der Waals surface area contributed by atoms with Crippen LogP contribution in [0.1, 0.15) is 13.8 Å². The minimum Gasteiger partial charge on any atom is -0.350 e. The second-order valence-corrected chi connectivity index (χ2v) is 6.26. The number of hydroxylamine groups is 2. The lowest BCUT2D eigenvalue weighted by atomic mass is 10.1. The van der Waals surface area contributed by atoms with E-state index in [2.05, 4.69) is 20.6 Å². The number of hydrogen-bond donors (Lipinski definition) is 2. The molecule has 0 aromatic rings. The number of halogens is 1. The maximum absolute atomic E-state index is 10.5. The Balaban J connectivity index is 1.60. The number of aliphatic imine (C=N–C) groups is 2. The molecule has 0 saturated carbocycles. The zero-order valence-corrected chi connectivity index (χ0v) is 13.5. The first-order chi connectivity index (χ1) is 10.9. The number of amides is 1. The molecule has 0 bridgehead atoms. The fourth-order valence-electron chi connectivity index (χ4n) is 2.20. The normalized spacial score (nSPS) is 29.4. The molecule has 10 heteroatoms. The van der Waals surface area contributed by atoms with Gasteiger partial charge < -0.3 is 14.8 Å². The Labute approximate surface area is 138 Å². The summed E-state index contributed by atoms with van der Waals surface area (Å²) in [4.78, 5) is 24.6. The number of ether oxygens (including phenoxy) is 2. The highest BCUT2D eigenvalue weighted by Crippen LogP contribution is 2.37. The molecule has 0 aromatic carbocycles. The highest BCUT2D eigenvalue weighted by molar-refractivity contribution is 6.27. The molecule has 3 aliphatic heterocycles. The number of carbonyl (C=O) groups excluding carboxylic acids is 1. The molecule has 1 saturated heterocycles. The molecule has 1 atom stereocenters. The van der Waals surface area contributed by atoms with Crippen molar-refractivity contribution in [2.75, 3.05) is 19.8 Å². The number of hydrogen-bond acceptors (Lipinski definition) is 8. The summed E-state index contributed by atoms with van der Waals surface area (Å²) in [6, 6.07) is 0. The smallest absolute Gasteiger partial charge is 0.280 e. The number of rotatable bonds is 4. The topological polar surface area (TPSA) is 96.8 Å². The Morgan fingerprint density at radius 3 is 3.00 bits per heavy atom. The van der Waals surface area contributed by atoms with Crippen LogP contribution in [-0.4, -0.2) is 54.5 Å². The second kappa shape index (κ2) is 6.08. The van der Waals surface area contributed by atoms with Crippen LogP contribution in [0.25, 0.3) is 0 Å². The third-order valence-electron chi connectivity index (χ3n) is 3.50. The van der Waals surface area contributed by atoms with Gasteiger partial charge in [-0.2, -0.15) is 5.06 Å². The number of guanidine groups is 1. The van der Waals surface area contributed by atoms with E-state index >= 15 is 0 Å². The first kappa shape index (κ1) is 16.2. The summed E-state index contributed by atoms with van der Waals surface area (Å²) in [6.07, 6.45) is 3.51. The standard InChI is InChI=1S/C13H18ClN5O4/c1-12(2)21-4-9(5-22-12)6-23-19-7-16-10-3-15-11(17-8-20)18-13(10,19)14/h3,7-9H,4-6H2,1-2H3,(H2,15,17,18,20). The van der Waals surface area contributed by atoms with Crippen molar-refractivity contribution in [3.05, 3.63) is 11.9 Å². The molecule has 1 amide bonds. The molecule has 2 N–H and O–H groups in total. The molecule has 1 unspecified atom stereocenters. The lowest BCUT2D eigenvalue weighted by Gasteiger charge is -2.36. The van der Waals surface area contributed by atoms with Gasteiger partial charge in [0.2, 0.25) is 12.4 Å². The molecule has 1 fully saturated rings. The molecule has 0 radical (unpaired) electrons. The largest absolute Gasteiger partial charge is 0.350 e. The minimum atomic E-state index is -1.34. The van der Waals surface area contributed by atoms with Crippen molar-refractivity contribution < 1.29 is 19.1 Å². The summed E-state index contributed by atoms with van der Waals surface area (Å²) in [5.41, 5.74) is 0.466. The van der Waals surface area contributed by atoms with E-state index in [-0.39, 0.29) is 11.9 Å². The number of fused-ring (bicyclic) bond motifs is 1. The lowest BCUT2D eigenvalue weighted by molar-refractivity contribution is -0.274. The van der Waals surface area contributed by atoms with Crippen molar-refractivity contribution in [1.82, 2.24) is 15.7 Å². The molecule has 3 heterocycles. The highest BCUT2D eigenvalue weighted by atomic mass is 35.5. The van der Waals surface area contributed by atoms with Gasteiger partial charge in [-0.1, -0.05) is 11.6 Å². The average Bonchev–Trinajstić information content (AvgIpc) is 2.82. The third kappa shape index (κ3) is 3.32. The van der Waals surface area contributed by atoms with E-state index in [1.165, 1.54) is 11.4 Å². The van der Waals surface area contributed by atoms with E-state index in [0.717, 1.165) is 0 Å². The van der Waals surface area contributed by atoms with E-state index in [4.69, 9.17) is 25.9 Å². The summed E-state index contributed by atoms with van der Waals surface area (Å²) in [5, 5.41) is 5.19. The SMILES string of the molecule is CC1(C)OCC(CON2C=NC3=CNC(NC=O)=NC32Cl)CO1. The second-order valence-electron chi connectivity index (χ2n) is 5.74. The van der Waals surface area contributed by atoms with Gasteiger partial charge in [0.1, 0.15) is 12.0 Å². The maximum atomic E-state index is 10.5. The van der Waals surface area contributed by atoms with Gasteiger partial charge in [0.25, 0.3) is 5.12 Å². The Hall–Kier alpha value is -1.68. The molecular weight excluding hydrogens is 326 g/mol. The van der Waals surface area contributed by atoms with Crippen molar-refractivity contribution >= 4 is 30.3 Å². The van der Waals surface area contributed by atoms with Crippen LogP contribution >= 0.6 is 11.6 Å². The molecular formula is C13H18ClN5O4. The van der Waals surface area contributed by atoms with E-state index in [1.807, 2.05) is 13.8 Å². The van der Waals surface area contributed by atoms with Crippen molar-refractivity contribution in [2.24, 2.45) is 15.9 Å². The van der Waals surface area contributed by atoms with Crippen LogP contribution in [0.15, 0.2) is 21.9 Å². The Morgan fingerprint density at radius 1 is 1.57 bits per heavy atom. The summed E-state index contributed by atoms with van der Waals surface area (Å²) in [7, 11) is 0. The maximum Gasteiger partial charge on any atom is 0.280 e. The first-order valence-electron chi connectivity index (χ1n) is 7.13. The van der Waals surface area contributed by atoms with Crippen LogP contribution in [0.5, 0.6) is 0 Å². The minimum absolute atomic E-state index is 0.0722. The predicted molar refractivity (Wildman–Crippen MR) is 82.2 cm³/mol. The summed E-state index contributed by atoms with van der Waals surface area (Å²) in [5.74, 6) is -0.281. The van der Waals surface area contributed by atoms with Gasteiger partial charge in [0, 0.05) is 12.1 Å². The van der Waals surface area contributed by atoms with E-state index in [9.17, 15) is 4.79 Å². The Morgan fingerprint density at radius 2 is 2.30 bits per heavy atom. The Kier molecular flexibility index (Phi) is 4.28. The zero-order valence-electron chi connectivity index (χ0n) is 12.8. The molecule has 9 nitrogen and oxygen atoms in total. The van der Waals surface area contributed by atoms with E-state index in [0.29, 0.717) is 31.9 Å². The molecule has 0 spiro atoms. The van der Waals surface area contributed by atoms with Crippen LogP contribution in [0.3, 0.4) is 0 Å². The molecule has 0 aromatic heterocycles. The number of nitrogens with one attached hydrogen (secondary N) is 2. The van der Waals surface area contributed by atoms with Gasteiger partial charge >= 0.3 is 0 Å². The van der Waals surface area contributed by atoms with Crippen LogP contribution < -0.4 is 10.6 Å². The molecule has 126 valence electrons. The summed E-state index contributed by atoms with van der Waals surface area (Å²) in [6.45, 7) is 5.13. The molecule has 3 aliphatic rings. The van der Waals surface area contributed by atoms with Crippen molar-refractivity contribution in [2.45, 2.75) is 24.8 Å². The number of carbonyl (C=O) groups is 1. The van der Waals surface area contributed by atoms with Gasteiger partial charge in [0.05, 0.1) is 19.8 Å². The quantitative estimate of drug-likeness (QED) is 0.427. The third-order valence-corrected chi connectivity index (χ3v) is 3.95. The predicted octanol–water partition coefficient (Wildman–Crippen LogP) is 0.100.